The van der Waals surface area contributed by atoms with E-state index in [1.165, 1.54) is 0 Å². The van der Waals surface area contributed by atoms with Gasteiger partial charge in [-0.3, -0.25) is 0 Å². The number of phenolic OH excluding ortho intramolecular Hbond substituents is 1. The van der Waals surface area contributed by atoms with Crippen LogP contribution in [0.4, 0.5) is 0 Å². The summed E-state index contributed by atoms with van der Waals surface area (Å²) in [4.78, 5) is 4.35. The second kappa shape index (κ2) is 5.36. The third-order valence-electron chi connectivity index (χ3n) is 2.39. The fourth-order valence-electron chi connectivity index (χ4n) is 1.53. The number of para-hydroxylation sites is 1. The lowest BCUT2D eigenvalue weighted by atomic mass is 10.1. The molecule has 88 valence electrons. The molecule has 2 rings (SSSR count). The largest absolute Gasteiger partial charge is 0.507 e. The molecule has 0 unspecified atom stereocenters. The first-order chi connectivity index (χ1) is 8.31. The van der Waals surface area contributed by atoms with Crippen LogP contribution in [0.1, 0.15) is 12.2 Å². The van der Waals surface area contributed by atoms with E-state index in [-0.39, 0.29) is 5.75 Å². The van der Waals surface area contributed by atoms with Gasteiger partial charge in [-0.25, -0.2) is 4.98 Å². The predicted molar refractivity (Wildman–Crippen MR) is 64.3 cm³/mol. The number of hydrogen-bond donors (Lipinski definition) is 2. The van der Waals surface area contributed by atoms with Crippen LogP contribution >= 0.6 is 0 Å². The zero-order valence-electron chi connectivity index (χ0n) is 9.37. The number of phenols is 1. The highest BCUT2D eigenvalue weighted by molar-refractivity contribution is 5.65. The van der Waals surface area contributed by atoms with Crippen molar-refractivity contribution in [3.05, 3.63) is 36.3 Å². The maximum absolute atomic E-state index is 9.72. The predicted octanol–water partition coefficient (Wildman–Crippen LogP) is 1.14. The molecule has 0 aliphatic rings. The van der Waals surface area contributed by atoms with Crippen LogP contribution in [0.2, 0.25) is 0 Å². The van der Waals surface area contributed by atoms with Gasteiger partial charge in [-0.05, 0) is 25.1 Å². The molecule has 0 spiro atoms. The van der Waals surface area contributed by atoms with Gasteiger partial charge in [0, 0.05) is 12.0 Å². The molecule has 0 saturated heterocycles. The van der Waals surface area contributed by atoms with Crippen LogP contribution in [0.3, 0.4) is 0 Å². The number of aromatic nitrogens is 3. The average Bonchev–Trinajstić information content (AvgIpc) is 2.37. The Kier molecular flexibility index (Phi) is 3.62. The molecule has 0 saturated carbocycles. The summed E-state index contributed by atoms with van der Waals surface area (Å²) in [6.07, 6.45) is 3.07. The Balaban J connectivity index is 2.30. The quantitative estimate of drug-likeness (QED) is 0.822. The van der Waals surface area contributed by atoms with Crippen molar-refractivity contribution in [2.45, 2.75) is 12.8 Å². The molecule has 0 atom stereocenters. The number of nitrogens with zero attached hydrogens (tertiary/aromatic N) is 3. The minimum absolute atomic E-state index is 0.192. The lowest BCUT2D eigenvalue weighted by Gasteiger charge is -2.04. The number of nitrogens with two attached hydrogens (primary N) is 1. The van der Waals surface area contributed by atoms with Crippen LogP contribution in [0.15, 0.2) is 30.5 Å². The van der Waals surface area contributed by atoms with Crippen molar-refractivity contribution >= 4 is 0 Å². The summed E-state index contributed by atoms with van der Waals surface area (Å²) in [6.45, 7) is 0.601. The molecular weight excluding hydrogens is 216 g/mol. The normalized spacial score (nSPS) is 10.4. The smallest absolute Gasteiger partial charge is 0.151 e. The summed E-state index contributed by atoms with van der Waals surface area (Å²) in [5.41, 5.74) is 6.73. The van der Waals surface area contributed by atoms with Crippen LogP contribution < -0.4 is 5.73 Å². The first kappa shape index (κ1) is 11.5. The zero-order chi connectivity index (χ0) is 12.1. The molecule has 5 nitrogen and oxygen atoms in total. The summed E-state index contributed by atoms with van der Waals surface area (Å²) in [5, 5.41) is 17.5. The van der Waals surface area contributed by atoms with Gasteiger partial charge in [-0.2, -0.15) is 5.10 Å². The van der Waals surface area contributed by atoms with Crippen LogP contribution in [-0.2, 0) is 6.42 Å². The molecule has 0 radical (unpaired) electrons. The third kappa shape index (κ3) is 2.76. The maximum atomic E-state index is 9.72. The topological polar surface area (TPSA) is 84.9 Å². The second-order valence-electron chi connectivity index (χ2n) is 3.67. The monoisotopic (exact) mass is 230 g/mol. The first-order valence-corrected chi connectivity index (χ1v) is 5.48. The van der Waals surface area contributed by atoms with Crippen molar-refractivity contribution in [3.63, 3.8) is 0 Å². The fourth-order valence-corrected chi connectivity index (χ4v) is 1.53. The van der Waals surface area contributed by atoms with E-state index in [1.54, 1.807) is 24.4 Å². The second-order valence-corrected chi connectivity index (χ2v) is 3.67. The van der Waals surface area contributed by atoms with Crippen molar-refractivity contribution in [2.75, 3.05) is 6.54 Å². The molecule has 5 heteroatoms. The SMILES string of the molecule is NCCCc1nncc(-c2ccccc2O)n1. The minimum atomic E-state index is 0.192. The molecule has 17 heavy (non-hydrogen) atoms. The van der Waals surface area contributed by atoms with Gasteiger partial charge in [0.2, 0.25) is 0 Å². The summed E-state index contributed by atoms with van der Waals surface area (Å²) in [7, 11) is 0. The Labute approximate surface area is 99.3 Å². The minimum Gasteiger partial charge on any atom is -0.507 e. The van der Waals surface area contributed by atoms with Gasteiger partial charge in [0.15, 0.2) is 5.82 Å². The van der Waals surface area contributed by atoms with Gasteiger partial charge in [-0.15, -0.1) is 5.10 Å². The van der Waals surface area contributed by atoms with E-state index >= 15 is 0 Å². The lowest BCUT2D eigenvalue weighted by molar-refractivity contribution is 0.477. The molecule has 0 aliphatic heterocycles. The van der Waals surface area contributed by atoms with Crippen molar-refractivity contribution in [1.82, 2.24) is 15.2 Å². The van der Waals surface area contributed by atoms with Gasteiger partial charge in [0.1, 0.15) is 5.75 Å². The van der Waals surface area contributed by atoms with Gasteiger partial charge in [0.25, 0.3) is 0 Å². The molecule has 0 amide bonds. The van der Waals surface area contributed by atoms with E-state index in [0.717, 1.165) is 6.42 Å². The van der Waals surface area contributed by atoms with Crippen LogP contribution in [0.5, 0.6) is 5.75 Å². The highest BCUT2D eigenvalue weighted by atomic mass is 16.3. The number of aromatic hydroxyl groups is 1. The summed E-state index contributed by atoms with van der Waals surface area (Å²) in [5.74, 6) is 0.842. The highest BCUT2D eigenvalue weighted by Gasteiger charge is 2.06. The molecule has 1 aromatic heterocycles. The van der Waals surface area contributed by atoms with Crippen molar-refractivity contribution in [1.29, 1.82) is 0 Å². The molecule has 0 fully saturated rings. The Morgan fingerprint density at radius 2 is 2.06 bits per heavy atom. The molecule has 0 bridgehead atoms. The fraction of sp³-hybridized carbons (Fsp3) is 0.250. The highest BCUT2D eigenvalue weighted by Crippen LogP contribution is 2.26. The molecular formula is C12H14N4O. The van der Waals surface area contributed by atoms with E-state index in [9.17, 15) is 5.11 Å². The Hall–Kier alpha value is -2.01. The third-order valence-corrected chi connectivity index (χ3v) is 2.39. The van der Waals surface area contributed by atoms with E-state index in [2.05, 4.69) is 15.2 Å². The van der Waals surface area contributed by atoms with Crippen molar-refractivity contribution < 1.29 is 5.11 Å². The maximum Gasteiger partial charge on any atom is 0.151 e. The molecule has 1 aromatic carbocycles. The van der Waals surface area contributed by atoms with Crippen molar-refractivity contribution in [3.8, 4) is 17.0 Å². The van der Waals surface area contributed by atoms with Crippen LogP contribution in [0, 0.1) is 0 Å². The standard InChI is InChI=1S/C12H14N4O/c13-7-3-6-12-15-10(8-14-16-12)9-4-1-2-5-11(9)17/h1-2,4-5,8,17H,3,6-7,13H2. The molecule has 3 N–H and O–H groups in total. The van der Waals surface area contributed by atoms with Crippen LogP contribution in [-0.4, -0.2) is 26.8 Å². The average molecular weight is 230 g/mol. The van der Waals surface area contributed by atoms with Gasteiger partial charge >= 0.3 is 0 Å². The Morgan fingerprint density at radius 1 is 1.24 bits per heavy atom. The van der Waals surface area contributed by atoms with Crippen LogP contribution in [0.25, 0.3) is 11.3 Å². The first-order valence-electron chi connectivity index (χ1n) is 5.48. The Morgan fingerprint density at radius 3 is 2.82 bits per heavy atom. The summed E-state index contributed by atoms with van der Waals surface area (Å²) >= 11 is 0. The lowest BCUT2D eigenvalue weighted by Crippen LogP contribution is -2.04. The van der Waals surface area contributed by atoms with Gasteiger partial charge in [0.05, 0.1) is 11.9 Å². The van der Waals surface area contributed by atoms with E-state index in [4.69, 9.17) is 5.73 Å². The number of benzene rings is 1. The number of rotatable bonds is 4. The van der Waals surface area contributed by atoms with Crippen molar-refractivity contribution in [2.24, 2.45) is 5.73 Å². The van der Waals surface area contributed by atoms with E-state index in [0.29, 0.717) is 30.0 Å². The summed E-state index contributed by atoms with van der Waals surface area (Å²) < 4.78 is 0. The molecule has 2 aromatic rings. The molecule has 1 heterocycles. The van der Waals surface area contributed by atoms with Gasteiger partial charge in [-0.1, -0.05) is 12.1 Å². The zero-order valence-corrected chi connectivity index (χ0v) is 9.37. The van der Waals surface area contributed by atoms with E-state index < -0.39 is 0 Å². The van der Waals surface area contributed by atoms with E-state index in [1.807, 2.05) is 6.07 Å². The molecule has 0 aliphatic carbocycles. The Bertz CT molecular complexity index is 501. The summed E-state index contributed by atoms with van der Waals surface area (Å²) in [6, 6.07) is 7.03. The number of hydrogen-bond acceptors (Lipinski definition) is 5. The van der Waals surface area contributed by atoms with Gasteiger partial charge < -0.3 is 10.8 Å². The number of aryl methyl sites for hydroxylation is 1.